The summed E-state index contributed by atoms with van der Waals surface area (Å²) in [6.45, 7) is 1.86. The lowest BCUT2D eigenvalue weighted by Crippen LogP contribution is -2.16. The summed E-state index contributed by atoms with van der Waals surface area (Å²) >= 11 is 0. The van der Waals surface area contributed by atoms with E-state index in [1.54, 1.807) is 36.4 Å². The van der Waals surface area contributed by atoms with Gasteiger partial charge in [0.05, 0.1) is 25.6 Å². The molecule has 0 fully saturated rings. The Kier molecular flexibility index (Phi) is 5.62. The molecule has 170 valence electrons. The highest BCUT2D eigenvalue weighted by Crippen LogP contribution is 2.32. The van der Waals surface area contributed by atoms with Gasteiger partial charge >= 0.3 is 6.18 Å². The summed E-state index contributed by atoms with van der Waals surface area (Å²) in [5.74, 6) is -0.867. The third kappa shape index (κ3) is 4.43. The molecule has 0 unspecified atom stereocenters. The van der Waals surface area contributed by atoms with E-state index in [0.717, 1.165) is 11.6 Å². The van der Waals surface area contributed by atoms with E-state index in [1.807, 2.05) is 6.92 Å². The molecule has 2 aromatic carbocycles. The van der Waals surface area contributed by atoms with E-state index in [-0.39, 0.29) is 17.2 Å². The van der Waals surface area contributed by atoms with Crippen molar-refractivity contribution in [3.8, 4) is 22.8 Å². The smallest absolute Gasteiger partial charge is 0.433 e. The number of halogens is 3. The zero-order valence-corrected chi connectivity index (χ0v) is 17.8. The van der Waals surface area contributed by atoms with E-state index in [2.05, 4.69) is 20.4 Å². The molecule has 0 aliphatic carbocycles. The van der Waals surface area contributed by atoms with Crippen molar-refractivity contribution in [3.05, 3.63) is 65.6 Å². The highest BCUT2D eigenvalue weighted by atomic mass is 19.4. The van der Waals surface area contributed by atoms with Crippen LogP contribution in [-0.2, 0) is 6.18 Å². The number of ether oxygens (including phenoxy) is 2. The fourth-order valence-corrected chi connectivity index (χ4v) is 3.12. The van der Waals surface area contributed by atoms with Crippen LogP contribution in [-0.4, -0.2) is 39.7 Å². The predicted molar refractivity (Wildman–Crippen MR) is 113 cm³/mol. The molecule has 4 rings (SSSR count). The second-order valence-electron chi connectivity index (χ2n) is 7.06. The number of anilines is 1. The molecule has 8 nitrogen and oxygen atoms in total. The van der Waals surface area contributed by atoms with Crippen molar-refractivity contribution in [2.45, 2.75) is 13.1 Å². The largest absolute Gasteiger partial charge is 0.497 e. The topological polar surface area (TPSA) is 90.6 Å². The predicted octanol–water partition coefficient (Wildman–Crippen LogP) is 4.39. The molecule has 1 amide bonds. The van der Waals surface area contributed by atoms with Crippen LogP contribution in [0.15, 0.2) is 48.5 Å². The number of aryl methyl sites for hydroxylation is 1. The van der Waals surface area contributed by atoms with Gasteiger partial charge < -0.3 is 14.8 Å². The van der Waals surface area contributed by atoms with Crippen molar-refractivity contribution in [2.75, 3.05) is 19.5 Å². The molecule has 0 radical (unpaired) electrons. The molecule has 0 saturated carbocycles. The van der Waals surface area contributed by atoms with Gasteiger partial charge in [-0.2, -0.15) is 22.7 Å². The van der Waals surface area contributed by atoms with Crippen LogP contribution < -0.4 is 14.8 Å². The monoisotopic (exact) mass is 457 g/mol. The molecule has 33 heavy (non-hydrogen) atoms. The first-order valence-electron chi connectivity index (χ1n) is 9.65. The minimum absolute atomic E-state index is 0.0611. The summed E-state index contributed by atoms with van der Waals surface area (Å²) in [4.78, 5) is 20.8. The van der Waals surface area contributed by atoms with Gasteiger partial charge in [-0.05, 0) is 25.1 Å². The van der Waals surface area contributed by atoms with Crippen LogP contribution in [0.25, 0.3) is 17.0 Å². The van der Waals surface area contributed by atoms with E-state index in [4.69, 9.17) is 9.47 Å². The van der Waals surface area contributed by atoms with Crippen LogP contribution in [0.2, 0.25) is 0 Å². The first-order valence-corrected chi connectivity index (χ1v) is 9.65. The molecule has 0 atom stereocenters. The first-order chi connectivity index (χ1) is 15.7. The van der Waals surface area contributed by atoms with Crippen molar-refractivity contribution < 1.29 is 27.4 Å². The summed E-state index contributed by atoms with van der Waals surface area (Å²) in [5.41, 5.74) is 0.658. The number of nitrogens with one attached hydrogen (secondary N) is 1. The van der Waals surface area contributed by atoms with Crippen LogP contribution in [0.1, 0.15) is 21.9 Å². The molecule has 0 spiro atoms. The molecule has 4 aromatic rings. The second-order valence-corrected chi connectivity index (χ2v) is 7.06. The Labute approximate surface area is 186 Å². The van der Waals surface area contributed by atoms with Crippen molar-refractivity contribution in [1.82, 2.24) is 19.6 Å². The lowest BCUT2D eigenvalue weighted by atomic mass is 10.1. The van der Waals surface area contributed by atoms with Crippen molar-refractivity contribution in [3.63, 3.8) is 0 Å². The normalized spacial score (nSPS) is 11.5. The Morgan fingerprint density at radius 2 is 1.73 bits per heavy atom. The van der Waals surface area contributed by atoms with Gasteiger partial charge in [-0.1, -0.05) is 29.8 Å². The van der Waals surface area contributed by atoms with Crippen LogP contribution in [0.4, 0.5) is 18.9 Å². The van der Waals surface area contributed by atoms with Crippen LogP contribution >= 0.6 is 0 Å². The maximum Gasteiger partial charge on any atom is 0.433 e. The number of aromatic nitrogens is 4. The van der Waals surface area contributed by atoms with Gasteiger partial charge in [0.25, 0.3) is 11.7 Å². The summed E-state index contributed by atoms with van der Waals surface area (Å²) in [5, 5.41) is 6.29. The lowest BCUT2D eigenvalue weighted by molar-refractivity contribution is -0.142. The molecule has 0 aliphatic heterocycles. The number of rotatable bonds is 5. The summed E-state index contributed by atoms with van der Waals surface area (Å²) in [6, 6.07) is 12.4. The number of hydrogen-bond acceptors (Lipinski definition) is 6. The quantitative estimate of drug-likeness (QED) is 0.478. The molecular formula is C22H18F3N5O3. The number of carbonyl (C=O) groups is 1. The number of methoxy groups -OCH3 is 2. The molecule has 0 aliphatic rings. The van der Waals surface area contributed by atoms with Gasteiger partial charge in [-0.25, -0.2) is 4.98 Å². The minimum Gasteiger partial charge on any atom is -0.497 e. The minimum atomic E-state index is -4.75. The first kappa shape index (κ1) is 22.1. The van der Waals surface area contributed by atoms with Crippen molar-refractivity contribution in [2.24, 2.45) is 0 Å². The second kappa shape index (κ2) is 8.41. The number of alkyl halides is 3. The summed E-state index contributed by atoms with van der Waals surface area (Å²) in [7, 11) is 2.88. The van der Waals surface area contributed by atoms with Crippen LogP contribution in [0.5, 0.6) is 11.5 Å². The Morgan fingerprint density at radius 3 is 2.36 bits per heavy atom. The van der Waals surface area contributed by atoms with Crippen molar-refractivity contribution >= 4 is 17.4 Å². The Bertz CT molecular complexity index is 1330. The summed E-state index contributed by atoms with van der Waals surface area (Å²) < 4.78 is 52.1. The van der Waals surface area contributed by atoms with Gasteiger partial charge in [-0.3, -0.25) is 4.79 Å². The molecule has 11 heteroatoms. The zero-order valence-electron chi connectivity index (χ0n) is 17.8. The number of hydrogen-bond donors (Lipinski definition) is 1. The fraction of sp³-hybridized carbons (Fsp3) is 0.182. The lowest BCUT2D eigenvalue weighted by Gasteiger charge is -2.10. The Balaban J connectivity index is 1.75. The number of fused-ring (bicyclic) bond motifs is 1. The number of benzene rings is 2. The Morgan fingerprint density at radius 1 is 1.00 bits per heavy atom. The van der Waals surface area contributed by atoms with Crippen LogP contribution in [0.3, 0.4) is 0 Å². The molecule has 0 saturated heterocycles. The maximum atomic E-state index is 13.8. The average Bonchev–Trinajstić information content (AvgIpc) is 3.22. The SMILES string of the molecule is COc1ccc(NC(=O)c2nc3nc(-c4ccc(C)cc4)cc(C(F)(F)F)n3n2)c(OC)c1. The third-order valence-corrected chi connectivity index (χ3v) is 4.81. The molecule has 0 bridgehead atoms. The van der Waals surface area contributed by atoms with Crippen molar-refractivity contribution in [1.29, 1.82) is 0 Å². The maximum absolute atomic E-state index is 13.8. The van der Waals surface area contributed by atoms with Gasteiger partial charge in [-0.15, -0.1) is 5.10 Å². The molecule has 2 aromatic heterocycles. The van der Waals surface area contributed by atoms with Gasteiger partial charge in [0.15, 0.2) is 5.69 Å². The standard InChI is InChI=1S/C22H18F3N5O3/c1-12-4-6-13(7-5-12)16-11-18(22(23,24)25)30-21(27-16)28-19(29-30)20(31)26-15-9-8-14(32-2)10-17(15)33-3/h4-11H,1-3H3,(H,26,31). The molecule has 1 N–H and O–H groups in total. The molecular weight excluding hydrogens is 439 g/mol. The van der Waals surface area contributed by atoms with E-state index in [9.17, 15) is 18.0 Å². The van der Waals surface area contributed by atoms with Crippen LogP contribution in [0, 0.1) is 6.92 Å². The van der Waals surface area contributed by atoms with Gasteiger partial charge in [0.2, 0.25) is 5.82 Å². The van der Waals surface area contributed by atoms with E-state index in [1.165, 1.54) is 20.3 Å². The average molecular weight is 457 g/mol. The molecule has 2 heterocycles. The highest BCUT2D eigenvalue weighted by molar-refractivity contribution is 6.02. The number of carbonyl (C=O) groups excluding carboxylic acids is 1. The fourth-order valence-electron chi connectivity index (χ4n) is 3.12. The van der Waals surface area contributed by atoms with E-state index >= 15 is 0 Å². The highest BCUT2D eigenvalue weighted by Gasteiger charge is 2.36. The summed E-state index contributed by atoms with van der Waals surface area (Å²) in [6.07, 6.45) is -4.75. The zero-order chi connectivity index (χ0) is 23.8. The van der Waals surface area contributed by atoms with Gasteiger partial charge in [0.1, 0.15) is 11.5 Å². The van der Waals surface area contributed by atoms with Gasteiger partial charge in [0, 0.05) is 11.6 Å². The van der Waals surface area contributed by atoms with E-state index in [0.29, 0.717) is 21.6 Å². The Hall–Kier alpha value is -4.15. The number of amides is 1. The number of nitrogens with zero attached hydrogens (tertiary/aromatic N) is 4. The van der Waals surface area contributed by atoms with E-state index < -0.39 is 23.6 Å². The third-order valence-electron chi connectivity index (χ3n) is 4.81.